The van der Waals surface area contributed by atoms with Crippen LogP contribution in [0, 0.1) is 0 Å². The van der Waals surface area contributed by atoms with Crippen molar-refractivity contribution < 1.29 is 4.74 Å². The van der Waals surface area contributed by atoms with Gasteiger partial charge in [-0.1, -0.05) is 19.3 Å². The molecule has 2 saturated carbocycles. The van der Waals surface area contributed by atoms with E-state index in [4.69, 9.17) is 15.5 Å². The van der Waals surface area contributed by atoms with Crippen molar-refractivity contribution in [1.29, 1.82) is 0 Å². The fourth-order valence-corrected chi connectivity index (χ4v) is 3.65. The normalized spacial score (nSPS) is 21.9. The van der Waals surface area contributed by atoms with Gasteiger partial charge >= 0.3 is 0 Å². The minimum absolute atomic E-state index is 0.314. The van der Waals surface area contributed by atoms with Gasteiger partial charge in [0.1, 0.15) is 11.4 Å². The Labute approximate surface area is 128 Å². The summed E-state index contributed by atoms with van der Waals surface area (Å²) in [6.45, 7) is 2.73. The van der Waals surface area contributed by atoms with Crippen molar-refractivity contribution in [3.05, 3.63) is 16.0 Å². The molecule has 0 amide bonds. The lowest BCUT2D eigenvalue weighted by molar-refractivity contribution is -0.0767. The Balaban J connectivity index is 2.02. The number of halogens is 1. The second-order valence-electron chi connectivity index (χ2n) is 5.89. The van der Waals surface area contributed by atoms with E-state index in [1.807, 2.05) is 6.92 Å². The molecule has 5 heteroatoms. The summed E-state index contributed by atoms with van der Waals surface area (Å²) in [4.78, 5) is 9.40. The highest BCUT2D eigenvalue weighted by atomic mass is 79.9. The van der Waals surface area contributed by atoms with Crippen LogP contribution in [0.4, 0.5) is 5.82 Å². The highest BCUT2D eigenvalue weighted by Crippen LogP contribution is 2.46. The van der Waals surface area contributed by atoms with E-state index in [2.05, 4.69) is 20.9 Å². The molecule has 20 heavy (non-hydrogen) atoms. The number of aromatic nitrogens is 2. The largest absolute Gasteiger partial charge is 0.383 e. The molecule has 0 unspecified atom stereocenters. The smallest absolute Gasteiger partial charge is 0.162 e. The molecule has 110 valence electrons. The van der Waals surface area contributed by atoms with E-state index in [9.17, 15) is 0 Å². The molecule has 2 N–H and O–H groups in total. The molecule has 0 spiro atoms. The second kappa shape index (κ2) is 5.60. The first kappa shape index (κ1) is 14.3. The van der Waals surface area contributed by atoms with Crippen molar-refractivity contribution >= 4 is 21.7 Å². The predicted molar refractivity (Wildman–Crippen MR) is 82.5 cm³/mol. The third-order valence-electron chi connectivity index (χ3n) is 4.36. The summed E-state index contributed by atoms with van der Waals surface area (Å²) in [5, 5.41) is 0. The van der Waals surface area contributed by atoms with Crippen molar-refractivity contribution in [3.63, 3.8) is 0 Å². The topological polar surface area (TPSA) is 61.0 Å². The average molecular weight is 340 g/mol. The minimum Gasteiger partial charge on any atom is -0.383 e. The van der Waals surface area contributed by atoms with Gasteiger partial charge < -0.3 is 10.5 Å². The van der Waals surface area contributed by atoms with Crippen LogP contribution in [0.1, 0.15) is 69.3 Å². The molecule has 2 aliphatic rings. The quantitative estimate of drug-likeness (QED) is 0.903. The fraction of sp³-hybridized carbons (Fsp3) is 0.733. The van der Waals surface area contributed by atoms with E-state index < -0.39 is 0 Å². The molecule has 1 heterocycles. The molecule has 0 aromatic carbocycles. The van der Waals surface area contributed by atoms with E-state index >= 15 is 0 Å². The highest BCUT2D eigenvalue weighted by molar-refractivity contribution is 9.10. The van der Waals surface area contributed by atoms with Crippen LogP contribution in [0.3, 0.4) is 0 Å². The van der Waals surface area contributed by atoms with E-state index in [-0.39, 0.29) is 5.60 Å². The Kier molecular flexibility index (Phi) is 4.00. The van der Waals surface area contributed by atoms with Crippen molar-refractivity contribution in [3.8, 4) is 0 Å². The van der Waals surface area contributed by atoms with Gasteiger partial charge in [0, 0.05) is 12.5 Å². The maximum atomic E-state index is 6.11. The van der Waals surface area contributed by atoms with Gasteiger partial charge in [0.05, 0.1) is 10.2 Å². The summed E-state index contributed by atoms with van der Waals surface area (Å²) in [6, 6.07) is 0. The van der Waals surface area contributed by atoms with Crippen molar-refractivity contribution in [1.82, 2.24) is 9.97 Å². The molecule has 3 rings (SSSR count). The SMILES string of the molecule is CCOC1(c2nc(N)c(Br)c(C3CC3)n2)CCCCC1. The van der Waals surface area contributed by atoms with Crippen LogP contribution in [0.2, 0.25) is 0 Å². The number of nitrogen functional groups attached to an aromatic ring is 1. The molecule has 0 aliphatic heterocycles. The predicted octanol–water partition coefficient (Wildman–Crippen LogP) is 3.89. The Bertz CT molecular complexity index is 491. The molecule has 0 bridgehead atoms. The lowest BCUT2D eigenvalue weighted by Gasteiger charge is -2.36. The third-order valence-corrected chi connectivity index (χ3v) is 5.17. The second-order valence-corrected chi connectivity index (χ2v) is 6.69. The Morgan fingerprint density at radius 2 is 1.95 bits per heavy atom. The van der Waals surface area contributed by atoms with Gasteiger partial charge in [-0.25, -0.2) is 9.97 Å². The number of nitrogens with zero attached hydrogens (tertiary/aromatic N) is 2. The maximum Gasteiger partial charge on any atom is 0.162 e. The Morgan fingerprint density at radius 1 is 1.25 bits per heavy atom. The minimum atomic E-state index is -0.314. The molecule has 0 atom stereocenters. The molecule has 2 fully saturated rings. The van der Waals surface area contributed by atoms with Crippen LogP contribution in [-0.2, 0) is 10.3 Å². The first-order valence-electron chi connectivity index (χ1n) is 7.63. The molecule has 0 radical (unpaired) electrons. The first-order valence-corrected chi connectivity index (χ1v) is 8.43. The Morgan fingerprint density at radius 3 is 2.55 bits per heavy atom. The molecule has 4 nitrogen and oxygen atoms in total. The van der Waals surface area contributed by atoms with Gasteiger partial charge in [0.15, 0.2) is 5.82 Å². The molecule has 1 aromatic rings. The summed E-state index contributed by atoms with van der Waals surface area (Å²) >= 11 is 3.54. The van der Waals surface area contributed by atoms with Gasteiger partial charge in [-0.15, -0.1) is 0 Å². The van der Waals surface area contributed by atoms with Crippen LogP contribution in [0.25, 0.3) is 0 Å². The van der Waals surface area contributed by atoms with Crippen LogP contribution >= 0.6 is 15.9 Å². The highest BCUT2D eigenvalue weighted by Gasteiger charge is 2.39. The lowest BCUT2D eigenvalue weighted by Crippen LogP contribution is -2.35. The number of hydrogen-bond donors (Lipinski definition) is 1. The summed E-state index contributed by atoms with van der Waals surface area (Å²) in [5.41, 5.74) is 6.86. The van der Waals surface area contributed by atoms with Gasteiger partial charge in [0.25, 0.3) is 0 Å². The van der Waals surface area contributed by atoms with Crippen LogP contribution in [-0.4, -0.2) is 16.6 Å². The van der Waals surface area contributed by atoms with Gasteiger partial charge in [-0.3, -0.25) is 0 Å². The van der Waals surface area contributed by atoms with Gasteiger partial charge in [-0.2, -0.15) is 0 Å². The molecule has 1 aromatic heterocycles. The van der Waals surface area contributed by atoms with Gasteiger partial charge in [0.2, 0.25) is 0 Å². The third kappa shape index (κ3) is 2.58. The molecule has 0 saturated heterocycles. The summed E-state index contributed by atoms with van der Waals surface area (Å²) in [6.07, 6.45) is 8.05. The summed E-state index contributed by atoms with van der Waals surface area (Å²) in [5.74, 6) is 1.92. The zero-order valence-corrected chi connectivity index (χ0v) is 13.6. The molecular weight excluding hydrogens is 318 g/mol. The van der Waals surface area contributed by atoms with E-state index in [1.165, 1.54) is 32.1 Å². The average Bonchev–Trinajstić information content (AvgIpc) is 3.27. The zero-order valence-electron chi connectivity index (χ0n) is 12.0. The number of ether oxygens (including phenoxy) is 1. The van der Waals surface area contributed by atoms with E-state index in [0.717, 1.165) is 28.8 Å². The van der Waals surface area contributed by atoms with Crippen molar-refractivity contribution in [2.24, 2.45) is 0 Å². The number of rotatable bonds is 4. The summed E-state index contributed by atoms with van der Waals surface area (Å²) in [7, 11) is 0. The number of nitrogens with two attached hydrogens (primary N) is 1. The van der Waals surface area contributed by atoms with Crippen molar-refractivity contribution in [2.45, 2.75) is 63.4 Å². The van der Waals surface area contributed by atoms with Crippen LogP contribution < -0.4 is 5.73 Å². The molecule has 2 aliphatic carbocycles. The standard InChI is InChI=1S/C15H22BrN3O/c1-2-20-15(8-4-3-5-9-15)14-18-12(10-6-7-10)11(16)13(17)19-14/h10H,2-9H2,1H3,(H2,17,18,19). The van der Waals surface area contributed by atoms with Crippen LogP contribution in [0.5, 0.6) is 0 Å². The van der Waals surface area contributed by atoms with E-state index in [0.29, 0.717) is 18.3 Å². The number of anilines is 1. The zero-order chi connectivity index (χ0) is 14.2. The summed E-state index contributed by atoms with van der Waals surface area (Å²) < 4.78 is 6.99. The van der Waals surface area contributed by atoms with E-state index in [1.54, 1.807) is 0 Å². The lowest BCUT2D eigenvalue weighted by atomic mass is 9.83. The number of hydrogen-bond acceptors (Lipinski definition) is 4. The first-order chi connectivity index (χ1) is 9.66. The van der Waals surface area contributed by atoms with Crippen molar-refractivity contribution in [2.75, 3.05) is 12.3 Å². The van der Waals surface area contributed by atoms with Gasteiger partial charge in [-0.05, 0) is 48.5 Å². The fourth-order valence-electron chi connectivity index (χ4n) is 3.15. The monoisotopic (exact) mass is 339 g/mol. The van der Waals surface area contributed by atoms with Crippen LogP contribution in [0.15, 0.2) is 4.47 Å². The Hall–Kier alpha value is -0.680. The maximum absolute atomic E-state index is 6.11. The molecular formula is C15H22BrN3O.